The van der Waals surface area contributed by atoms with Gasteiger partial charge < -0.3 is 19.8 Å². The fourth-order valence-corrected chi connectivity index (χ4v) is 3.45. The van der Waals surface area contributed by atoms with Crippen molar-refractivity contribution in [2.24, 2.45) is 0 Å². The predicted molar refractivity (Wildman–Crippen MR) is 109 cm³/mol. The number of rotatable bonds is 5. The van der Waals surface area contributed by atoms with Gasteiger partial charge in [-0.15, -0.1) is 0 Å². The number of ether oxygens (including phenoxy) is 2. The van der Waals surface area contributed by atoms with Crippen LogP contribution in [0.25, 0.3) is 21.9 Å². The molecule has 0 aliphatic carbocycles. The van der Waals surface area contributed by atoms with Gasteiger partial charge in [0.05, 0.1) is 31.3 Å². The summed E-state index contributed by atoms with van der Waals surface area (Å²) >= 11 is 0. The van der Waals surface area contributed by atoms with Gasteiger partial charge in [0.2, 0.25) is 0 Å². The van der Waals surface area contributed by atoms with E-state index in [1.807, 2.05) is 42.6 Å². The predicted octanol–water partition coefficient (Wildman–Crippen LogP) is 2.90. The summed E-state index contributed by atoms with van der Waals surface area (Å²) < 4.78 is 12.7. The number of nitrogens with one attached hydrogen (secondary N) is 2. The van der Waals surface area contributed by atoms with Crippen LogP contribution in [0.1, 0.15) is 0 Å². The van der Waals surface area contributed by atoms with Crippen LogP contribution in [-0.2, 0) is 16.0 Å². The molecule has 8 nitrogen and oxygen atoms in total. The zero-order chi connectivity index (χ0) is 19.6. The molecule has 1 aromatic carbocycles. The number of H-pyrrole nitrogens is 1. The molecule has 5 rings (SSSR count). The molecule has 29 heavy (non-hydrogen) atoms. The number of hydrogen-bond donors (Lipinski definition) is 2. The first-order valence-electron chi connectivity index (χ1n) is 9.36. The maximum Gasteiger partial charge on any atom is 0.259 e. The standard InChI is InChI=1S/C21H19N5O3/c27-21-19-16(6-7-22-21)17(11-23-20(19)25-15-4-2-1-3-5-15)14-10-24-26(12-14)13-18-28-8-9-29-18/h1-7,10-12,18H,8-9,13H2,(H,22,27)(H,23,25). The van der Waals surface area contributed by atoms with Crippen molar-refractivity contribution >= 4 is 22.3 Å². The van der Waals surface area contributed by atoms with Crippen molar-refractivity contribution in [3.8, 4) is 11.1 Å². The Labute approximate surface area is 166 Å². The molecule has 8 heteroatoms. The summed E-state index contributed by atoms with van der Waals surface area (Å²) in [5.74, 6) is 0.511. The fourth-order valence-electron chi connectivity index (χ4n) is 3.45. The largest absolute Gasteiger partial charge is 0.348 e. The van der Waals surface area contributed by atoms with E-state index < -0.39 is 0 Å². The Kier molecular flexibility index (Phi) is 4.55. The second-order valence-electron chi connectivity index (χ2n) is 6.73. The summed E-state index contributed by atoms with van der Waals surface area (Å²) in [6.45, 7) is 1.72. The molecule has 3 aromatic heterocycles. The summed E-state index contributed by atoms with van der Waals surface area (Å²) in [5.41, 5.74) is 2.37. The smallest absolute Gasteiger partial charge is 0.259 e. The van der Waals surface area contributed by atoms with Crippen molar-refractivity contribution in [1.82, 2.24) is 19.7 Å². The second kappa shape index (κ2) is 7.50. The van der Waals surface area contributed by atoms with Gasteiger partial charge in [-0.1, -0.05) is 18.2 Å². The number of benzene rings is 1. The van der Waals surface area contributed by atoms with Gasteiger partial charge in [0.15, 0.2) is 6.29 Å². The molecule has 1 aliphatic rings. The van der Waals surface area contributed by atoms with Gasteiger partial charge in [-0.05, 0) is 18.2 Å². The summed E-state index contributed by atoms with van der Waals surface area (Å²) in [7, 11) is 0. The highest BCUT2D eigenvalue weighted by atomic mass is 16.7. The van der Waals surface area contributed by atoms with Crippen LogP contribution in [0, 0.1) is 0 Å². The number of pyridine rings is 2. The molecule has 146 valence electrons. The third-order valence-electron chi connectivity index (χ3n) is 4.82. The van der Waals surface area contributed by atoms with Gasteiger partial charge in [-0.3, -0.25) is 9.48 Å². The Morgan fingerprint density at radius 2 is 1.97 bits per heavy atom. The van der Waals surface area contributed by atoms with Crippen molar-refractivity contribution in [3.05, 3.63) is 71.5 Å². The first kappa shape index (κ1) is 17.6. The lowest BCUT2D eigenvalue weighted by Crippen LogP contribution is -2.16. The van der Waals surface area contributed by atoms with E-state index in [2.05, 4.69) is 20.4 Å². The van der Waals surface area contributed by atoms with Gasteiger partial charge in [-0.2, -0.15) is 5.10 Å². The zero-order valence-corrected chi connectivity index (χ0v) is 15.5. The molecule has 0 bridgehead atoms. The van der Waals surface area contributed by atoms with Crippen molar-refractivity contribution in [2.75, 3.05) is 18.5 Å². The Bertz CT molecular complexity index is 1200. The third-order valence-corrected chi connectivity index (χ3v) is 4.82. The van der Waals surface area contributed by atoms with Crippen LogP contribution in [-0.4, -0.2) is 39.3 Å². The molecule has 1 saturated heterocycles. The quantitative estimate of drug-likeness (QED) is 0.545. The van der Waals surface area contributed by atoms with Crippen molar-refractivity contribution in [2.45, 2.75) is 12.8 Å². The van der Waals surface area contributed by atoms with Crippen LogP contribution in [0.3, 0.4) is 0 Å². The van der Waals surface area contributed by atoms with E-state index in [9.17, 15) is 4.79 Å². The monoisotopic (exact) mass is 389 g/mol. The van der Waals surface area contributed by atoms with Crippen molar-refractivity contribution in [1.29, 1.82) is 0 Å². The summed E-state index contributed by atoms with van der Waals surface area (Å²) in [5, 5.41) is 8.94. The van der Waals surface area contributed by atoms with E-state index in [1.54, 1.807) is 23.3 Å². The highest BCUT2D eigenvalue weighted by Crippen LogP contribution is 2.30. The molecule has 0 spiro atoms. The molecular formula is C21H19N5O3. The molecule has 0 unspecified atom stereocenters. The Morgan fingerprint density at radius 3 is 2.79 bits per heavy atom. The minimum atomic E-state index is -0.280. The molecule has 0 amide bonds. The first-order chi connectivity index (χ1) is 14.3. The van der Waals surface area contributed by atoms with Crippen LogP contribution < -0.4 is 10.9 Å². The van der Waals surface area contributed by atoms with Gasteiger partial charge in [0.1, 0.15) is 5.82 Å². The lowest BCUT2D eigenvalue weighted by atomic mass is 10.0. The SMILES string of the molecule is O=c1[nH]ccc2c(-c3cnn(CC4OCCO4)c3)cnc(Nc3ccccc3)c12. The number of nitrogens with zero attached hydrogens (tertiary/aromatic N) is 3. The Morgan fingerprint density at radius 1 is 1.14 bits per heavy atom. The van der Waals surface area contributed by atoms with Gasteiger partial charge in [-0.25, -0.2) is 4.98 Å². The Hall–Kier alpha value is -3.49. The Balaban J connectivity index is 1.54. The number of hydrogen-bond acceptors (Lipinski definition) is 6. The highest BCUT2D eigenvalue weighted by molar-refractivity contribution is 6.01. The first-order valence-corrected chi connectivity index (χ1v) is 9.36. The maximum absolute atomic E-state index is 12.6. The zero-order valence-electron chi connectivity index (χ0n) is 15.5. The normalized spacial score (nSPS) is 14.5. The molecule has 1 fully saturated rings. The highest BCUT2D eigenvalue weighted by Gasteiger charge is 2.18. The summed E-state index contributed by atoms with van der Waals surface area (Å²) in [6.07, 6.45) is 6.80. The second-order valence-corrected chi connectivity index (χ2v) is 6.73. The van der Waals surface area contributed by atoms with Crippen LogP contribution >= 0.6 is 0 Å². The maximum atomic E-state index is 12.6. The molecule has 2 N–H and O–H groups in total. The van der Waals surface area contributed by atoms with Crippen LogP contribution in [0.15, 0.2) is 66.0 Å². The molecule has 0 saturated carbocycles. The van der Waals surface area contributed by atoms with E-state index >= 15 is 0 Å². The van der Waals surface area contributed by atoms with E-state index in [-0.39, 0.29) is 11.8 Å². The van der Waals surface area contributed by atoms with E-state index in [0.29, 0.717) is 31.0 Å². The molecule has 0 radical (unpaired) electrons. The third kappa shape index (κ3) is 3.51. The molecule has 0 atom stereocenters. The van der Waals surface area contributed by atoms with Crippen LogP contribution in [0.2, 0.25) is 0 Å². The van der Waals surface area contributed by atoms with Crippen molar-refractivity contribution in [3.63, 3.8) is 0 Å². The molecule has 1 aliphatic heterocycles. The lowest BCUT2D eigenvalue weighted by molar-refractivity contribution is -0.0545. The summed E-state index contributed by atoms with van der Waals surface area (Å²) in [4.78, 5) is 19.9. The average molecular weight is 389 g/mol. The van der Waals surface area contributed by atoms with Crippen molar-refractivity contribution < 1.29 is 9.47 Å². The van der Waals surface area contributed by atoms with E-state index in [0.717, 1.165) is 22.2 Å². The number of anilines is 2. The van der Waals surface area contributed by atoms with Crippen LogP contribution in [0.4, 0.5) is 11.5 Å². The fraction of sp³-hybridized carbons (Fsp3) is 0.190. The van der Waals surface area contributed by atoms with E-state index in [4.69, 9.17) is 9.47 Å². The van der Waals surface area contributed by atoms with Crippen LogP contribution in [0.5, 0.6) is 0 Å². The number of aromatic amines is 1. The average Bonchev–Trinajstić information content (AvgIpc) is 3.42. The topological polar surface area (TPSA) is 94.1 Å². The van der Waals surface area contributed by atoms with Gasteiger partial charge in [0, 0.05) is 40.8 Å². The van der Waals surface area contributed by atoms with Gasteiger partial charge in [0.25, 0.3) is 5.56 Å². The number of fused-ring (bicyclic) bond motifs is 1. The number of aromatic nitrogens is 4. The minimum Gasteiger partial charge on any atom is -0.348 e. The minimum absolute atomic E-state index is 0.199. The molecule has 4 aromatic rings. The van der Waals surface area contributed by atoms with Gasteiger partial charge >= 0.3 is 0 Å². The molecular weight excluding hydrogens is 370 g/mol. The van der Waals surface area contributed by atoms with E-state index in [1.165, 1.54) is 0 Å². The number of para-hydroxylation sites is 1. The molecule has 4 heterocycles. The summed E-state index contributed by atoms with van der Waals surface area (Å²) in [6, 6.07) is 11.5. The lowest BCUT2D eigenvalue weighted by Gasteiger charge is -2.11.